The van der Waals surface area contributed by atoms with E-state index < -0.39 is 18.5 Å². The molecule has 0 fully saturated rings. The minimum Gasteiger partial charge on any atom is -0.482 e. The van der Waals surface area contributed by atoms with Crippen LogP contribution in [0.5, 0.6) is 17.2 Å². The summed E-state index contributed by atoms with van der Waals surface area (Å²) < 4.78 is 16.3. The van der Waals surface area contributed by atoms with Crippen LogP contribution < -0.4 is 19.7 Å². The van der Waals surface area contributed by atoms with Crippen molar-refractivity contribution in [1.82, 2.24) is 0 Å². The predicted molar refractivity (Wildman–Crippen MR) is 121 cm³/mol. The summed E-state index contributed by atoms with van der Waals surface area (Å²) >= 11 is 0. The van der Waals surface area contributed by atoms with Gasteiger partial charge in [-0.3, -0.25) is 14.4 Å². The summed E-state index contributed by atoms with van der Waals surface area (Å²) in [6.07, 6.45) is -0.0545. The standard InChI is InChI=1S/C25H22N2O6/c28-23(26-19-10-4-6-12-21(19)33-18-8-2-1-3-9-18)16-32-25(30)14-15-27-20-11-5-7-13-22(20)31-17-24(27)29/h1-13H,14-17H2,(H,26,28). The van der Waals surface area contributed by atoms with Gasteiger partial charge in [-0.1, -0.05) is 42.5 Å². The summed E-state index contributed by atoms with van der Waals surface area (Å²) in [5.74, 6) is 0.351. The van der Waals surface area contributed by atoms with Crippen LogP contribution >= 0.6 is 0 Å². The molecule has 0 spiro atoms. The van der Waals surface area contributed by atoms with E-state index in [0.29, 0.717) is 28.6 Å². The number of rotatable bonds is 8. The molecule has 0 bridgehead atoms. The van der Waals surface area contributed by atoms with Crippen molar-refractivity contribution in [3.63, 3.8) is 0 Å². The van der Waals surface area contributed by atoms with Gasteiger partial charge in [0.2, 0.25) is 0 Å². The molecule has 3 aromatic carbocycles. The summed E-state index contributed by atoms with van der Waals surface area (Å²) in [6.45, 7) is -0.404. The van der Waals surface area contributed by atoms with Crippen molar-refractivity contribution < 1.29 is 28.6 Å². The lowest BCUT2D eigenvalue weighted by atomic mass is 10.2. The molecule has 8 nitrogen and oxygen atoms in total. The topological polar surface area (TPSA) is 94.2 Å². The quantitative estimate of drug-likeness (QED) is 0.530. The summed E-state index contributed by atoms with van der Waals surface area (Å²) in [5, 5.41) is 2.69. The Morgan fingerprint density at radius 1 is 0.939 bits per heavy atom. The van der Waals surface area contributed by atoms with E-state index >= 15 is 0 Å². The Hall–Kier alpha value is -4.33. The molecule has 2 amide bonds. The SMILES string of the molecule is O=C(COC(=O)CCN1C(=O)COc2ccccc21)Nc1ccccc1Oc1ccccc1. The summed E-state index contributed by atoms with van der Waals surface area (Å²) in [6, 6.07) is 23.3. The van der Waals surface area contributed by atoms with Crippen molar-refractivity contribution in [3.8, 4) is 17.2 Å². The second kappa shape index (κ2) is 10.3. The lowest BCUT2D eigenvalue weighted by molar-refractivity contribution is -0.147. The number of anilines is 2. The van der Waals surface area contributed by atoms with Crippen LogP contribution in [0.2, 0.25) is 0 Å². The number of benzene rings is 3. The summed E-state index contributed by atoms with van der Waals surface area (Å²) in [5.41, 5.74) is 1.06. The fourth-order valence-corrected chi connectivity index (χ4v) is 3.28. The van der Waals surface area contributed by atoms with Gasteiger partial charge in [-0.05, 0) is 36.4 Å². The zero-order valence-corrected chi connectivity index (χ0v) is 17.7. The van der Waals surface area contributed by atoms with E-state index in [4.69, 9.17) is 14.2 Å². The summed E-state index contributed by atoms with van der Waals surface area (Å²) in [7, 11) is 0. The van der Waals surface area contributed by atoms with Gasteiger partial charge in [0.15, 0.2) is 19.0 Å². The number of carbonyl (C=O) groups excluding carboxylic acids is 3. The number of para-hydroxylation sites is 5. The molecule has 1 aliphatic heterocycles. The minimum absolute atomic E-state index is 0.0545. The van der Waals surface area contributed by atoms with E-state index in [2.05, 4.69) is 5.32 Å². The number of nitrogens with one attached hydrogen (secondary N) is 1. The van der Waals surface area contributed by atoms with Crippen molar-refractivity contribution in [2.24, 2.45) is 0 Å². The molecule has 8 heteroatoms. The van der Waals surface area contributed by atoms with Gasteiger partial charge in [-0.2, -0.15) is 0 Å². The minimum atomic E-state index is -0.587. The number of hydrogen-bond donors (Lipinski definition) is 1. The average molecular weight is 446 g/mol. The van der Waals surface area contributed by atoms with Gasteiger partial charge in [0.05, 0.1) is 17.8 Å². The highest BCUT2D eigenvalue weighted by Gasteiger charge is 2.25. The molecule has 0 atom stereocenters. The maximum absolute atomic E-state index is 12.3. The molecule has 0 saturated carbocycles. The maximum Gasteiger partial charge on any atom is 0.308 e. The predicted octanol–water partition coefficient (Wildman–Crippen LogP) is 3.78. The van der Waals surface area contributed by atoms with Crippen LogP contribution in [0, 0.1) is 0 Å². The number of carbonyl (C=O) groups is 3. The molecule has 1 N–H and O–H groups in total. The molecular formula is C25H22N2O6. The first-order valence-corrected chi connectivity index (χ1v) is 10.4. The first kappa shape index (κ1) is 21.9. The maximum atomic E-state index is 12.3. The Labute approximate surface area is 190 Å². The highest BCUT2D eigenvalue weighted by molar-refractivity contribution is 5.98. The third kappa shape index (κ3) is 5.68. The smallest absolute Gasteiger partial charge is 0.308 e. The zero-order chi connectivity index (χ0) is 23.0. The van der Waals surface area contributed by atoms with Crippen molar-refractivity contribution in [2.45, 2.75) is 6.42 Å². The molecule has 0 saturated heterocycles. The van der Waals surface area contributed by atoms with Crippen LogP contribution in [0.3, 0.4) is 0 Å². The van der Waals surface area contributed by atoms with Gasteiger partial charge in [-0.15, -0.1) is 0 Å². The fourth-order valence-electron chi connectivity index (χ4n) is 3.28. The van der Waals surface area contributed by atoms with E-state index in [9.17, 15) is 14.4 Å². The Morgan fingerprint density at radius 3 is 2.52 bits per heavy atom. The molecule has 3 aromatic rings. The highest BCUT2D eigenvalue weighted by atomic mass is 16.5. The Balaban J connectivity index is 1.28. The molecule has 0 aromatic heterocycles. The van der Waals surface area contributed by atoms with Gasteiger partial charge in [0.25, 0.3) is 11.8 Å². The van der Waals surface area contributed by atoms with Crippen LogP contribution in [0.25, 0.3) is 0 Å². The van der Waals surface area contributed by atoms with E-state index in [1.54, 1.807) is 54.6 Å². The van der Waals surface area contributed by atoms with E-state index in [0.717, 1.165) is 0 Å². The largest absolute Gasteiger partial charge is 0.482 e. The Kier molecular flexibility index (Phi) is 6.84. The van der Waals surface area contributed by atoms with Crippen molar-refractivity contribution in [1.29, 1.82) is 0 Å². The first-order valence-electron chi connectivity index (χ1n) is 10.4. The van der Waals surface area contributed by atoms with Crippen LogP contribution in [-0.4, -0.2) is 37.5 Å². The third-order valence-electron chi connectivity index (χ3n) is 4.84. The van der Waals surface area contributed by atoms with Gasteiger partial charge >= 0.3 is 5.97 Å². The molecule has 4 rings (SSSR count). The van der Waals surface area contributed by atoms with Gasteiger partial charge in [0, 0.05) is 6.54 Å². The molecule has 0 unspecified atom stereocenters. The zero-order valence-electron chi connectivity index (χ0n) is 17.7. The second-order valence-corrected chi connectivity index (χ2v) is 7.17. The highest BCUT2D eigenvalue weighted by Crippen LogP contribution is 2.31. The van der Waals surface area contributed by atoms with Gasteiger partial charge < -0.3 is 24.4 Å². The molecule has 1 aliphatic rings. The first-order chi connectivity index (χ1) is 16.1. The number of hydrogen-bond acceptors (Lipinski definition) is 6. The van der Waals surface area contributed by atoms with E-state index in [1.165, 1.54) is 4.90 Å². The van der Waals surface area contributed by atoms with Crippen LogP contribution in [0.15, 0.2) is 78.9 Å². The monoisotopic (exact) mass is 446 g/mol. The Bertz CT molecular complexity index is 1150. The normalized spacial score (nSPS) is 12.4. The Morgan fingerprint density at radius 2 is 1.67 bits per heavy atom. The van der Waals surface area contributed by atoms with E-state index in [-0.39, 0.29) is 25.5 Å². The molecule has 0 radical (unpaired) electrons. The lowest BCUT2D eigenvalue weighted by Crippen LogP contribution is -2.40. The second-order valence-electron chi connectivity index (χ2n) is 7.17. The van der Waals surface area contributed by atoms with Crippen LogP contribution in [-0.2, 0) is 19.1 Å². The number of ether oxygens (including phenoxy) is 3. The van der Waals surface area contributed by atoms with E-state index in [1.807, 2.05) is 24.3 Å². The fraction of sp³-hybridized carbons (Fsp3) is 0.160. The number of nitrogens with zero attached hydrogens (tertiary/aromatic N) is 1. The average Bonchev–Trinajstić information content (AvgIpc) is 2.84. The van der Waals surface area contributed by atoms with Crippen molar-refractivity contribution in [2.75, 3.05) is 30.0 Å². The van der Waals surface area contributed by atoms with Crippen LogP contribution in [0.1, 0.15) is 6.42 Å². The summed E-state index contributed by atoms with van der Waals surface area (Å²) in [4.78, 5) is 38.1. The van der Waals surface area contributed by atoms with Crippen molar-refractivity contribution in [3.05, 3.63) is 78.9 Å². The third-order valence-corrected chi connectivity index (χ3v) is 4.84. The van der Waals surface area contributed by atoms with Crippen LogP contribution in [0.4, 0.5) is 11.4 Å². The molecular weight excluding hydrogens is 424 g/mol. The molecule has 33 heavy (non-hydrogen) atoms. The van der Waals surface area contributed by atoms with Gasteiger partial charge in [-0.25, -0.2) is 0 Å². The van der Waals surface area contributed by atoms with Gasteiger partial charge in [0.1, 0.15) is 11.5 Å². The molecule has 168 valence electrons. The number of amides is 2. The number of esters is 1. The molecule has 1 heterocycles. The molecule has 0 aliphatic carbocycles. The number of fused-ring (bicyclic) bond motifs is 1. The lowest BCUT2D eigenvalue weighted by Gasteiger charge is -2.28. The van der Waals surface area contributed by atoms with Crippen molar-refractivity contribution >= 4 is 29.2 Å².